The Kier molecular flexibility index (Phi) is 7.26. The molecule has 0 saturated heterocycles. The Morgan fingerprint density at radius 3 is 2.54 bits per heavy atom. The summed E-state index contributed by atoms with van der Waals surface area (Å²) in [7, 11) is 0. The zero-order valence-electron chi connectivity index (χ0n) is 17.0. The van der Waals surface area contributed by atoms with Gasteiger partial charge in [-0.05, 0) is 48.6 Å². The van der Waals surface area contributed by atoms with Crippen LogP contribution in [-0.4, -0.2) is 4.90 Å². The highest BCUT2D eigenvalue weighted by Crippen LogP contribution is 2.45. The molecule has 1 nitrogen and oxygen atoms in total. The molecule has 0 saturated carbocycles. The van der Waals surface area contributed by atoms with E-state index in [1.54, 1.807) is 0 Å². The second-order valence-corrected chi connectivity index (χ2v) is 6.60. The minimum atomic E-state index is 0. The topological polar surface area (TPSA) is 3.24 Å². The quantitative estimate of drug-likeness (QED) is 0.538. The van der Waals surface area contributed by atoms with E-state index in [4.69, 9.17) is 0 Å². The molecule has 1 aliphatic heterocycles. The van der Waals surface area contributed by atoms with Gasteiger partial charge in [0.05, 0.1) is 6.04 Å². The minimum absolute atomic E-state index is 0. The van der Waals surface area contributed by atoms with E-state index in [-0.39, 0.29) is 1.43 Å². The lowest BCUT2D eigenvalue weighted by Gasteiger charge is -2.27. The number of nitrogens with zero attached hydrogens (tertiary/aromatic N) is 1. The van der Waals surface area contributed by atoms with Gasteiger partial charge in [0.2, 0.25) is 0 Å². The Balaban J connectivity index is 0.00000118. The predicted octanol–water partition coefficient (Wildman–Crippen LogP) is 7.58. The van der Waals surface area contributed by atoms with Crippen LogP contribution in [0.15, 0.2) is 67.4 Å². The molecule has 2 aromatic carbocycles. The predicted molar refractivity (Wildman–Crippen MR) is 117 cm³/mol. The van der Waals surface area contributed by atoms with Gasteiger partial charge in [0.1, 0.15) is 0 Å². The Labute approximate surface area is 161 Å². The maximum absolute atomic E-state index is 4.07. The van der Waals surface area contributed by atoms with Crippen molar-refractivity contribution in [3.8, 4) is 0 Å². The summed E-state index contributed by atoms with van der Waals surface area (Å²) < 4.78 is 0. The summed E-state index contributed by atoms with van der Waals surface area (Å²) in [5.41, 5.74) is 6.90. The van der Waals surface area contributed by atoms with Gasteiger partial charge in [-0.15, -0.1) is 0 Å². The highest BCUT2D eigenvalue weighted by molar-refractivity contribution is 5.72. The van der Waals surface area contributed by atoms with Gasteiger partial charge >= 0.3 is 0 Å². The number of rotatable bonds is 5. The molecular weight excluding hydrogens is 314 g/mol. The number of benzene rings is 2. The molecule has 0 spiro atoms. The molecule has 140 valence electrons. The molecule has 2 aromatic rings. The van der Waals surface area contributed by atoms with Gasteiger partial charge in [-0.2, -0.15) is 0 Å². The number of hydrogen-bond acceptors (Lipinski definition) is 1. The third kappa shape index (κ3) is 3.93. The first-order valence-electron chi connectivity index (χ1n) is 9.94. The molecule has 0 radical (unpaired) electrons. The maximum atomic E-state index is 4.07. The van der Waals surface area contributed by atoms with Crippen molar-refractivity contribution in [3.63, 3.8) is 0 Å². The van der Waals surface area contributed by atoms with E-state index in [1.165, 1.54) is 28.0 Å². The Morgan fingerprint density at radius 1 is 1.15 bits per heavy atom. The zero-order valence-corrected chi connectivity index (χ0v) is 17.0. The fraction of sp³-hybridized carbons (Fsp3) is 0.360. The first-order chi connectivity index (χ1) is 12.7. The fourth-order valence-corrected chi connectivity index (χ4v) is 3.84. The number of hydrogen-bond donors (Lipinski definition) is 0. The molecule has 3 rings (SSSR count). The van der Waals surface area contributed by atoms with E-state index in [0.717, 1.165) is 12.8 Å². The van der Waals surface area contributed by atoms with Crippen molar-refractivity contribution in [2.24, 2.45) is 0 Å². The van der Waals surface area contributed by atoms with E-state index in [0.29, 0.717) is 12.0 Å². The van der Waals surface area contributed by atoms with E-state index in [1.807, 2.05) is 20.0 Å². The second kappa shape index (κ2) is 9.43. The summed E-state index contributed by atoms with van der Waals surface area (Å²) in [5, 5.41) is 0. The largest absolute Gasteiger partial charge is 0.341 e. The van der Waals surface area contributed by atoms with Crippen LogP contribution < -0.4 is 0 Å². The van der Waals surface area contributed by atoms with Crippen molar-refractivity contribution >= 4 is 5.70 Å². The summed E-state index contributed by atoms with van der Waals surface area (Å²) in [6, 6.07) is 18.2. The smallest absolute Gasteiger partial charge is 0.0597 e. The summed E-state index contributed by atoms with van der Waals surface area (Å²) in [4.78, 5) is 2.34. The van der Waals surface area contributed by atoms with Crippen LogP contribution in [0.5, 0.6) is 0 Å². The third-order valence-corrected chi connectivity index (χ3v) is 5.18. The van der Waals surface area contributed by atoms with Gasteiger partial charge < -0.3 is 4.90 Å². The first-order valence-corrected chi connectivity index (χ1v) is 9.94. The maximum Gasteiger partial charge on any atom is 0.0597 e. The van der Waals surface area contributed by atoms with Crippen LogP contribution in [0, 0.1) is 0 Å². The van der Waals surface area contributed by atoms with Crippen LogP contribution >= 0.6 is 0 Å². The van der Waals surface area contributed by atoms with Gasteiger partial charge in [-0.3, -0.25) is 0 Å². The summed E-state index contributed by atoms with van der Waals surface area (Å²) in [6.07, 6.45) is 6.36. The average Bonchev–Trinajstić information content (AvgIpc) is 3.02. The minimum Gasteiger partial charge on any atom is -0.341 e. The van der Waals surface area contributed by atoms with Gasteiger partial charge in [0.15, 0.2) is 0 Å². The normalized spacial score (nSPS) is 18.1. The van der Waals surface area contributed by atoms with Crippen LogP contribution in [0.25, 0.3) is 5.70 Å². The molecule has 0 aromatic heterocycles. The number of fused-ring (bicyclic) bond motifs is 1. The first kappa shape index (κ1) is 20.0. The van der Waals surface area contributed by atoms with Crippen molar-refractivity contribution in [2.75, 3.05) is 0 Å². The van der Waals surface area contributed by atoms with E-state index in [9.17, 15) is 0 Å². The molecule has 0 amide bonds. The molecule has 1 heteroatoms. The lowest BCUT2D eigenvalue weighted by molar-refractivity contribution is 0.371. The number of aryl methyl sites for hydroxylation is 1. The van der Waals surface area contributed by atoms with Gasteiger partial charge in [0.25, 0.3) is 0 Å². The summed E-state index contributed by atoms with van der Waals surface area (Å²) in [6.45, 7) is 14.7. The highest BCUT2D eigenvalue weighted by atomic mass is 15.2. The van der Waals surface area contributed by atoms with Crippen molar-refractivity contribution in [3.05, 3.63) is 89.6 Å². The Bertz CT molecular complexity index is 762. The molecule has 0 N–H and O–H groups in total. The van der Waals surface area contributed by atoms with Gasteiger partial charge in [-0.25, -0.2) is 0 Å². The lowest BCUT2D eigenvalue weighted by atomic mass is 9.89. The van der Waals surface area contributed by atoms with Crippen LogP contribution in [0.2, 0.25) is 0 Å². The number of allylic oxidation sites excluding steroid dienone is 1. The monoisotopic (exact) mass is 349 g/mol. The lowest BCUT2D eigenvalue weighted by Crippen LogP contribution is -2.16. The summed E-state index contributed by atoms with van der Waals surface area (Å²) >= 11 is 0. The molecule has 1 heterocycles. The molecule has 2 atom stereocenters. The average molecular weight is 350 g/mol. The summed E-state index contributed by atoms with van der Waals surface area (Å²) in [5.74, 6) is 0.508. The fourth-order valence-electron chi connectivity index (χ4n) is 3.84. The van der Waals surface area contributed by atoms with Crippen LogP contribution in [-0.2, 0) is 6.42 Å². The van der Waals surface area contributed by atoms with E-state index >= 15 is 0 Å². The van der Waals surface area contributed by atoms with Gasteiger partial charge in [0, 0.05) is 12.7 Å². The molecule has 0 fully saturated rings. The van der Waals surface area contributed by atoms with Crippen molar-refractivity contribution in [1.82, 2.24) is 4.90 Å². The van der Waals surface area contributed by atoms with Crippen molar-refractivity contribution in [2.45, 2.75) is 59.4 Å². The van der Waals surface area contributed by atoms with E-state index in [2.05, 4.69) is 86.9 Å². The molecular formula is C25H35N. The highest BCUT2D eigenvalue weighted by Gasteiger charge is 2.32. The second-order valence-electron chi connectivity index (χ2n) is 6.60. The molecule has 1 aliphatic rings. The van der Waals surface area contributed by atoms with Crippen molar-refractivity contribution in [1.29, 1.82) is 0 Å². The van der Waals surface area contributed by atoms with Crippen LogP contribution in [0.3, 0.4) is 0 Å². The molecule has 26 heavy (non-hydrogen) atoms. The van der Waals surface area contributed by atoms with Crippen LogP contribution in [0.4, 0.5) is 0 Å². The zero-order chi connectivity index (χ0) is 19.1. The van der Waals surface area contributed by atoms with Crippen molar-refractivity contribution < 1.29 is 1.43 Å². The molecule has 0 aliphatic carbocycles. The SMILES string of the molecule is C=CN1/C(=C\C)c2ccccc2C1CC(C)c1cccc(CC)c1.CC.[HH]. The Hall–Kier alpha value is -2.28. The third-order valence-electron chi connectivity index (χ3n) is 5.18. The molecule has 2 unspecified atom stereocenters. The molecule has 0 bridgehead atoms. The van der Waals surface area contributed by atoms with Crippen LogP contribution in [0.1, 0.15) is 76.7 Å². The van der Waals surface area contributed by atoms with Gasteiger partial charge in [-0.1, -0.05) is 88.9 Å². The Morgan fingerprint density at radius 2 is 1.88 bits per heavy atom. The van der Waals surface area contributed by atoms with E-state index < -0.39 is 0 Å². The standard InChI is InChI=1S/C23H27N.C2H6.H2/c1-5-18-11-10-12-19(16-18)17(4)15-23-21-14-9-8-13-20(21)22(6-2)24(23)7-3;1-2;/h6-14,16-17,23H,3,5,15H2,1-2,4H3;1-2H3;1H/b22-6-;;.